The van der Waals surface area contributed by atoms with E-state index in [1.165, 1.54) is 5.39 Å². The lowest BCUT2D eigenvalue weighted by Gasteiger charge is -2.11. The molecule has 0 amide bonds. The van der Waals surface area contributed by atoms with Crippen LogP contribution >= 0.6 is 11.6 Å². The largest absolute Gasteiger partial charge is 0.454 e. The van der Waals surface area contributed by atoms with E-state index >= 15 is 0 Å². The quantitative estimate of drug-likeness (QED) is 0.188. The van der Waals surface area contributed by atoms with E-state index in [1.54, 1.807) is 0 Å². The van der Waals surface area contributed by atoms with Crippen LogP contribution in [0.25, 0.3) is 104 Å². The molecule has 0 saturated carbocycles. The zero-order valence-corrected chi connectivity index (χ0v) is 26.7. The molecule has 5 heteroatoms. The summed E-state index contributed by atoms with van der Waals surface area (Å²) >= 11 is 7.16. The van der Waals surface area contributed by atoms with Crippen molar-refractivity contribution in [1.82, 2.24) is 14.5 Å². The molecule has 0 fully saturated rings. The summed E-state index contributed by atoms with van der Waals surface area (Å²) in [4.78, 5) is 10.2. The number of benzene rings is 8. The Labute approximate surface area is 284 Å². The molecular formula is C44H24ClN3O. The number of hydrogen-bond acceptors (Lipinski definition) is 3. The Morgan fingerprint density at radius 3 is 2.00 bits per heavy atom. The number of nitrogens with zero attached hydrogens (tertiary/aromatic N) is 3. The predicted octanol–water partition coefficient (Wildman–Crippen LogP) is 12.4. The Hall–Kier alpha value is -6.23. The summed E-state index contributed by atoms with van der Waals surface area (Å²) in [6, 6.07) is 50.9. The van der Waals surface area contributed by atoms with Gasteiger partial charge in [0.15, 0.2) is 16.6 Å². The van der Waals surface area contributed by atoms with Crippen molar-refractivity contribution in [2.45, 2.75) is 0 Å². The fourth-order valence-electron chi connectivity index (χ4n) is 7.87. The first-order valence-corrected chi connectivity index (χ1v) is 16.7. The SMILES string of the molecule is Clc1nc2ccc(-c3ccccc3)cc2nc1-n1c2ccc3ccccc3c2c2c3ccccc3c3c4cc5ccccc5cc4oc3c21. The molecular weight excluding hydrogens is 622 g/mol. The number of furan rings is 1. The van der Waals surface area contributed by atoms with Crippen LogP contribution in [0.2, 0.25) is 5.15 Å². The Kier molecular flexibility index (Phi) is 5.41. The second-order valence-electron chi connectivity index (χ2n) is 12.7. The summed E-state index contributed by atoms with van der Waals surface area (Å²) in [5.74, 6) is 0.567. The topological polar surface area (TPSA) is 43.9 Å². The van der Waals surface area contributed by atoms with Crippen LogP contribution in [-0.4, -0.2) is 14.5 Å². The monoisotopic (exact) mass is 645 g/mol. The van der Waals surface area contributed by atoms with Gasteiger partial charge in [-0.15, -0.1) is 0 Å². The molecule has 4 nitrogen and oxygen atoms in total. The van der Waals surface area contributed by atoms with Gasteiger partial charge in [0.2, 0.25) is 0 Å². The average Bonchev–Trinajstić information content (AvgIpc) is 3.70. The van der Waals surface area contributed by atoms with E-state index in [-0.39, 0.29) is 0 Å². The lowest BCUT2D eigenvalue weighted by molar-refractivity contribution is 0.671. The third-order valence-electron chi connectivity index (χ3n) is 10.0. The van der Waals surface area contributed by atoms with Crippen LogP contribution in [0.3, 0.4) is 0 Å². The highest BCUT2D eigenvalue weighted by molar-refractivity contribution is 6.38. The molecule has 0 N–H and O–H groups in total. The van der Waals surface area contributed by atoms with Gasteiger partial charge >= 0.3 is 0 Å². The highest BCUT2D eigenvalue weighted by Gasteiger charge is 2.26. The molecule has 49 heavy (non-hydrogen) atoms. The van der Waals surface area contributed by atoms with E-state index in [1.807, 2.05) is 24.3 Å². The van der Waals surface area contributed by atoms with E-state index < -0.39 is 0 Å². The minimum absolute atomic E-state index is 0.329. The normalized spacial score (nSPS) is 12.2. The van der Waals surface area contributed by atoms with Gasteiger partial charge in [-0.25, -0.2) is 9.97 Å². The van der Waals surface area contributed by atoms with Gasteiger partial charge in [0.1, 0.15) is 5.58 Å². The van der Waals surface area contributed by atoms with Gasteiger partial charge in [-0.2, -0.15) is 0 Å². The minimum Gasteiger partial charge on any atom is -0.454 e. The molecule has 0 aliphatic carbocycles. The van der Waals surface area contributed by atoms with Gasteiger partial charge in [0.05, 0.1) is 22.1 Å². The maximum Gasteiger partial charge on any atom is 0.176 e. The van der Waals surface area contributed by atoms with Gasteiger partial charge in [-0.1, -0.05) is 127 Å². The van der Waals surface area contributed by atoms with Crippen molar-refractivity contribution in [2.24, 2.45) is 0 Å². The second-order valence-corrected chi connectivity index (χ2v) is 13.1. The standard InChI is InChI=1S/C44H24ClN3O/c45-43-44(47-35-23-29(18-20-34(35)46-43)25-10-2-1-3-11-25)48-36-21-19-26-12-6-7-15-30(26)39(36)40-32-17-9-8-16-31(32)38-33-22-27-13-4-5-14-28(27)24-37(33)49-42(38)41(40)48/h1-24H. The number of rotatable bonds is 2. The summed E-state index contributed by atoms with van der Waals surface area (Å²) in [5, 5.41) is 11.7. The molecule has 3 heterocycles. The number of hydrogen-bond donors (Lipinski definition) is 0. The Balaban J connectivity index is 1.36. The van der Waals surface area contributed by atoms with Crippen LogP contribution in [-0.2, 0) is 0 Å². The molecule has 0 unspecified atom stereocenters. The predicted molar refractivity (Wildman–Crippen MR) is 204 cm³/mol. The first kappa shape index (κ1) is 26.8. The van der Waals surface area contributed by atoms with Crippen molar-refractivity contribution in [1.29, 1.82) is 0 Å². The van der Waals surface area contributed by atoms with Gasteiger partial charge < -0.3 is 4.42 Å². The van der Waals surface area contributed by atoms with Crippen LogP contribution in [0.15, 0.2) is 150 Å². The van der Waals surface area contributed by atoms with E-state index in [2.05, 4.69) is 126 Å². The number of fused-ring (bicyclic) bond motifs is 14. The molecule has 0 saturated heterocycles. The summed E-state index contributed by atoms with van der Waals surface area (Å²) < 4.78 is 9.16. The number of aromatic nitrogens is 3. The van der Waals surface area contributed by atoms with Crippen molar-refractivity contribution in [3.8, 4) is 16.9 Å². The molecule has 3 aromatic heterocycles. The van der Waals surface area contributed by atoms with Crippen molar-refractivity contribution in [3.63, 3.8) is 0 Å². The second kappa shape index (κ2) is 9.89. The Morgan fingerprint density at radius 1 is 0.490 bits per heavy atom. The van der Waals surface area contributed by atoms with Gasteiger partial charge in [-0.05, 0) is 73.8 Å². The van der Waals surface area contributed by atoms with Crippen molar-refractivity contribution in [3.05, 3.63) is 151 Å². The van der Waals surface area contributed by atoms with Crippen LogP contribution in [0.4, 0.5) is 0 Å². The number of halogens is 1. The van der Waals surface area contributed by atoms with Crippen LogP contribution in [0, 0.1) is 0 Å². The third-order valence-corrected chi connectivity index (χ3v) is 10.3. The molecule has 0 aliphatic heterocycles. The average molecular weight is 646 g/mol. The maximum absolute atomic E-state index is 7.16. The molecule has 8 aromatic carbocycles. The van der Waals surface area contributed by atoms with Gasteiger partial charge in [-0.3, -0.25) is 4.57 Å². The molecule has 11 rings (SSSR count). The molecule has 228 valence electrons. The zero-order chi connectivity index (χ0) is 32.2. The fourth-order valence-corrected chi connectivity index (χ4v) is 8.09. The lowest BCUT2D eigenvalue weighted by Crippen LogP contribution is -2.01. The molecule has 0 aliphatic rings. The van der Waals surface area contributed by atoms with Crippen LogP contribution in [0.5, 0.6) is 0 Å². The van der Waals surface area contributed by atoms with E-state index in [4.69, 9.17) is 26.0 Å². The van der Waals surface area contributed by atoms with E-state index in [0.29, 0.717) is 11.0 Å². The molecule has 0 spiro atoms. The van der Waals surface area contributed by atoms with Crippen molar-refractivity contribution in [2.75, 3.05) is 0 Å². The Bertz CT molecular complexity index is 3180. The van der Waals surface area contributed by atoms with Crippen molar-refractivity contribution < 1.29 is 4.42 Å². The van der Waals surface area contributed by atoms with E-state index in [0.717, 1.165) is 92.8 Å². The summed E-state index contributed by atoms with van der Waals surface area (Å²) in [6.07, 6.45) is 0. The van der Waals surface area contributed by atoms with Crippen LogP contribution in [0.1, 0.15) is 0 Å². The molecule has 0 atom stereocenters. The summed E-state index contributed by atoms with van der Waals surface area (Å²) in [7, 11) is 0. The minimum atomic E-state index is 0.329. The highest BCUT2D eigenvalue weighted by Crippen LogP contribution is 2.48. The summed E-state index contributed by atoms with van der Waals surface area (Å²) in [5.41, 5.74) is 7.26. The van der Waals surface area contributed by atoms with E-state index in [9.17, 15) is 0 Å². The van der Waals surface area contributed by atoms with Crippen molar-refractivity contribution >= 4 is 98.7 Å². The highest BCUT2D eigenvalue weighted by atomic mass is 35.5. The van der Waals surface area contributed by atoms with Gasteiger partial charge in [0, 0.05) is 21.5 Å². The fraction of sp³-hybridized carbons (Fsp3) is 0. The first-order valence-electron chi connectivity index (χ1n) is 16.4. The lowest BCUT2D eigenvalue weighted by atomic mass is 9.96. The molecule has 0 bridgehead atoms. The zero-order valence-electron chi connectivity index (χ0n) is 26.0. The Morgan fingerprint density at radius 2 is 1.18 bits per heavy atom. The molecule has 11 aromatic rings. The smallest absolute Gasteiger partial charge is 0.176 e. The van der Waals surface area contributed by atoms with Crippen LogP contribution < -0.4 is 0 Å². The molecule has 0 radical (unpaired) electrons. The van der Waals surface area contributed by atoms with Gasteiger partial charge in [0.25, 0.3) is 0 Å². The first-order chi connectivity index (χ1) is 24.2. The maximum atomic E-state index is 7.16. The third kappa shape index (κ3) is 3.75. The summed E-state index contributed by atoms with van der Waals surface area (Å²) in [6.45, 7) is 0.